The summed E-state index contributed by atoms with van der Waals surface area (Å²) >= 11 is 1.21. The van der Waals surface area contributed by atoms with Crippen molar-refractivity contribution in [2.45, 2.75) is 28.9 Å². The van der Waals surface area contributed by atoms with Gasteiger partial charge in [0.1, 0.15) is 5.82 Å². The van der Waals surface area contributed by atoms with Crippen molar-refractivity contribution >= 4 is 21.8 Å². The Hall–Kier alpha value is -2.61. The second-order valence-electron chi connectivity index (χ2n) is 7.07. The minimum atomic E-state index is -3.68. The number of morpholine rings is 1. The second-order valence-corrected chi connectivity index (χ2v) is 9.95. The first-order valence-electron chi connectivity index (χ1n) is 10.1. The van der Waals surface area contributed by atoms with Crippen LogP contribution in [-0.4, -0.2) is 63.3 Å². The summed E-state index contributed by atoms with van der Waals surface area (Å²) in [5, 5.41) is 8.91. The largest absolute Gasteiger partial charge is 0.379 e. The van der Waals surface area contributed by atoms with Crippen LogP contribution in [0.1, 0.15) is 12.4 Å². The summed E-state index contributed by atoms with van der Waals surface area (Å²) in [5.74, 6) is 0.829. The monoisotopic (exact) mass is 496 g/mol. The highest BCUT2D eigenvalue weighted by Gasteiger charge is 2.27. The number of halogens is 2. The molecule has 4 rings (SSSR count). The number of benzene rings is 1. The number of hydrogen-bond donors (Lipinski definition) is 0. The van der Waals surface area contributed by atoms with E-state index in [1.165, 1.54) is 28.5 Å². The highest BCUT2D eigenvalue weighted by atomic mass is 32.2. The third-order valence-corrected chi connectivity index (χ3v) is 7.88. The fourth-order valence-electron chi connectivity index (χ4n) is 3.40. The molecule has 0 saturated carbocycles. The number of allylic oxidation sites excluding steroid dienone is 1. The lowest BCUT2D eigenvalue weighted by molar-refractivity contribution is 0.0678. The number of imidazole rings is 1. The fourth-order valence-corrected chi connectivity index (χ4v) is 5.75. The van der Waals surface area contributed by atoms with Gasteiger partial charge < -0.3 is 4.74 Å². The molecule has 0 aliphatic carbocycles. The van der Waals surface area contributed by atoms with Crippen LogP contribution in [0.2, 0.25) is 0 Å². The van der Waals surface area contributed by atoms with Gasteiger partial charge in [0.25, 0.3) is 0 Å². The molecule has 0 atom stereocenters. The molecule has 176 valence electrons. The molecule has 33 heavy (non-hydrogen) atoms. The summed E-state index contributed by atoms with van der Waals surface area (Å²) in [4.78, 5) is 4.14. The van der Waals surface area contributed by atoms with Crippen molar-refractivity contribution in [1.82, 2.24) is 28.6 Å². The maximum absolute atomic E-state index is 13.1. The first-order valence-corrected chi connectivity index (χ1v) is 12.5. The Morgan fingerprint density at radius 3 is 2.76 bits per heavy atom. The molecule has 13 heteroatoms. The molecule has 0 unspecified atom stereocenters. The first kappa shape index (κ1) is 23.5. The van der Waals surface area contributed by atoms with Crippen LogP contribution in [0.15, 0.2) is 59.4 Å². The van der Waals surface area contributed by atoms with Gasteiger partial charge in [-0.15, -0.1) is 16.8 Å². The van der Waals surface area contributed by atoms with Crippen LogP contribution in [0.4, 0.5) is 8.78 Å². The van der Waals surface area contributed by atoms with Crippen molar-refractivity contribution in [2.75, 3.05) is 26.3 Å². The van der Waals surface area contributed by atoms with Crippen molar-refractivity contribution in [2.24, 2.45) is 0 Å². The van der Waals surface area contributed by atoms with Crippen molar-refractivity contribution in [3.63, 3.8) is 0 Å². The van der Waals surface area contributed by atoms with E-state index in [2.05, 4.69) is 21.8 Å². The van der Waals surface area contributed by atoms with Crippen molar-refractivity contribution in [3.8, 4) is 11.4 Å². The SMILES string of the molecule is C=CCn1c(SCc2nccn2C(F)F)nnc1-c1cccc(S(=O)(=O)N2CCOCC2)c1. The summed E-state index contributed by atoms with van der Waals surface area (Å²) in [6.45, 7) is 2.75. The molecule has 1 aliphatic heterocycles. The zero-order valence-corrected chi connectivity index (χ0v) is 19.2. The molecule has 2 aromatic heterocycles. The number of hydrogen-bond acceptors (Lipinski definition) is 7. The predicted molar refractivity (Wildman–Crippen MR) is 118 cm³/mol. The number of alkyl halides is 2. The molecule has 3 heterocycles. The molecule has 0 radical (unpaired) electrons. The number of aromatic nitrogens is 5. The van der Waals surface area contributed by atoms with Crippen LogP contribution in [0.3, 0.4) is 0 Å². The van der Waals surface area contributed by atoms with Gasteiger partial charge in [0.2, 0.25) is 10.0 Å². The Bertz CT molecular complexity index is 1220. The summed E-state index contributed by atoms with van der Waals surface area (Å²) < 4.78 is 61.5. The van der Waals surface area contributed by atoms with Crippen LogP contribution in [0, 0.1) is 0 Å². The van der Waals surface area contributed by atoms with E-state index in [1.54, 1.807) is 34.9 Å². The summed E-state index contributed by atoms with van der Waals surface area (Å²) in [7, 11) is -3.68. The highest BCUT2D eigenvalue weighted by Crippen LogP contribution is 2.29. The average Bonchev–Trinajstić information content (AvgIpc) is 3.46. The summed E-state index contributed by atoms with van der Waals surface area (Å²) in [6.07, 6.45) is 4.20. The first-order chi connectivity index (χ1) is 15.9. The molecule has 9 nitrogen and oxygen atoms in total. The Morgan fingerprint density at radius 2 is 2.03 bits per heavy atom. The molecular formula is C20H22F2N6O3S2. The number of ether oxygens (including phenoxy) is 1. The smallest absolute Gasteiger partial charge is 0.319 e. The quantitative estimate of drug-likeness (QED) is 0.332. The lowest BCUT2D eigenvalue weighted by Gasteiger charge is -2.26. The molecule has 0 N–H and O–H groups in total. The topological polar surface area (TPSA) is 95.1 Å². The summed E-state index contributed by atoms with van der Waals surface area (Å²) in [5.41, 5.74) is 0.569. The number of nitrogens with zero attached hydrogens (tertiary/aromatic N) is 6. The zero-order chi connectivity index (χ0) is 23.4. The molecular weight excluding hydrogens is 474 g/mol. The minimum absolute atomic E-state index is 0.156. The van der Waals surface area contributed by atoms with Crippen molar-refractivity contribution < 1.29 is 21.9 Å². The van der Waals surface area contributed by atoms with E-state index in [4.69, 9.17) is 4.74 Å². The van der Waals surface area contributed by atoms with Gasteiger partial charge in [-0.05, 0) is 12.1 Å². The van der Waals surface area contributed by atoms with Crippen LogP contribution in [0.5, 0.6) is 0 Å². The maximum atomic E-state index is 13.1. The van der Waals surface area contributed by atoms with Crippen LogP contribution in [-0.2, 0) is 27.1 Å². The van der Waals surface area contributed by atoms with Gasteiger partial charge in [-0.1, -0.05) is 30.0 Å². The van der Waals surface area contributed by atoms with Crippen LogP contribution < -0.4 is 0 Å². The normalized spacial score (nSPS) is 15.2. The molecule has 1 fully saturated rings. The second kappa shape index (κ2) is 10.1. The van der Waals surface area contributed by atoms with E-state index in [0.717, 1.165) is 4.57 Å². The molecule has 1 saturated heterocycles. The van der Waals surface area contributed by atoms with Gasteiger partial charge in [0.15, 0.2) is 11.0 Å². The van der Waals surface area contributed by atoms with Crippen LogP contribution >= 0.6 is 11.8 Å². The molecule has 1 aromatic carbocycles. The zero-order valence-electron chi connectivity index (χ0n) is 17.5. The molecule has 0 amide bonds. The average molecular weight is 497 g/mol. The van der Waals surface area contributed by atoms with Crippen molar-refractivity contribution in [3.05, 3.63) is 55.1 Å². The van der Waals surface area contributed by atoms with Crippen LogP contribution in [0.25, 0.3) is 11.4 Å². The highest BCUT2D eigenvalue weighted by molar-refractivity contribution is 7.98. The van der Waals surface area contributed by atoms with Gasteiger partial charge in [-0.3, -0.25) is 9.13 Å². The summed E-state index contributed by atoms with van der Waals surface area (Å²) in [6, 6.07) is 6.51. The van der Waals surface area contributed by atoms with E-state index in [0.29, 0.717) is 49.4 Å². The van der Waals surface area contributed by atoms with Gasteiger partial charge in [0, 0.05) is 37.6 Å². The Kier molecular flexibility index (Phi) is 7.22. The van der Waals surface area contributed by atoms with Gasteiger partial charge >= 0.3 is 6.55 Å². The van der Waals surface area contributed by atoms with Gasteiger partial charge in [-0.2, -0.15) is 13.1 Å². The predicted octanol–water partition coefficient (Wildman–Crippen LogP) is 3.04. The van der Waals surface area contributed by atoms with Crippen molar-refractivity contribution in [1.29, 1.82) is 0 Å². The van der Waals surface area contributed by atoms with Gasteiger partial charge in [0.05, 0.1) is 23.9 Å². The lowest BCUT2D eigenvalue weighted by atomic mass is 10.2. The standard InChI is InChI=1S/C20H22F2N6O3S2/c1-2-7-28-18(24-25-20(28)32-14-17-23-6-8-27(17)19(21)22)15-4-3-5-16(13-15)33(29,30)26-9-11-31-12-10-26/h2-6,8,13,19H,1,7,9-12,14H2. The minimum Gasteiger partial charge on any atom is -0.379 e. The fraction of sp³-hybridized carbons (Fsp3) is 0.350. The Morgan fingerprint density at radius 1 is 1.24 bits per heavy atom. The Balaban J connectivity index is 1.61. The van der Waals surface area contributed by atoms with E-state index in [1.807, 2.05) is 0 Å². The molecule has 3 aromatic rings. The third kappa shape index (κ3) is 5.00. The van der Waals surface area contributed by atoms with E-state index < -0.39 is 16.6 Å². The number of rotatable bonds is 9. The van der Waals surface area contributed by atoms with E-state index >= 15 is 0 Å². The third-order valence-electron chi connectivity index (χ3n) is 5.02. The maximum Gasteiger partial charge on any atom is 0.319 e. The Labute approximate surface area is 194 Å². The number of thioether (sulfide) groups is 1. The molecule has 0 bridgehead atoms. The lowest BCUT2D eigenvalue weighted by Crippen LogP contribution is -2.40. The molecule has 0 spiro atoms. The molecule has 1 aliphatic rings. The van der Waals surface area contributed by atoms with Gasteiger partial charge in [-0.25, -0.2) is 13.4 Å². The van der Waals surface area contributed by atoms with E-state index in [-0.39, 0.29) is 16.5 Å². The number of sulfonamides is 1. The van der Waals surface area contributed by atoms with E-state index in [9.17, 15) is 17.2 Å².